The van der Waals surface area contributed by atoms with Gasteiger partial charge in [-0.3, -0.25) is 0 Å². The Hall–Kier alpha value is -0.420. The summed E-state index contributed by atoms with van der Waals surface area (Å²) in [6.07, 6.45) is 6.39. The van der Waals surface area contributed by atoms with E-state index in [0.717, 1.165) is 17.6 Å². The molecule has 0 aromatic carbocycles. The van der Waals surface area contributed by atoms with Crippen molar-refractivity contribution in [1.29, 1.82) is 0 Å². The van der Waals surface area contributed by atoms with E-state index < -0.39 is 0 Å². The van der Waals surface area contributed by atoms with Gasteiger partial charge < -0.3 is 5.32 Å². The fourth-order valence-corrected chi connectivity index (χ4v) is 3.63. The Kier molecular flexibility index (Phi) is 4.43. The molecule has 1 aliphatic rings. The second kappa shape index (κ2) is 5.70. The van der Waals surface area contributed by atoms with Gasteiger partial charge in [0.25, 0.3) is 0 Å². The average Bonchev–Trinajstić information content (AvgIpc) is 2.90. The fraction of sp³-hybridized carbons (Fsp3) is 0.846. The van der Waals surface area contributed by atoms with Gasteiger partial charge in [0.2, 0.25) is 0 Å². The van der Waals surface area contributed by atoms with Crippen molar-refractivity contribution in [1.82, 2.24) is 20.3 Å². The highest BCUT2D eigenvalue weighted by molar-refractivity contribution is 9.10. The number of nitrogens with one attached hydrogen (secondary N) is 1. The van der Waals surface area contributed by atoms with E-state index in [1.54, 1.807) is 0 Å². The summed E-state index contributed by atoms with van der Waals surface area (Å²) < 4.78 is 2.78. The normalized spacial score (nSPS) is 20.2. The molecule has 102 valence electrons. The molecule has 0 aliphatic heterocycles. The average molecular weight is 315 g/mol. The van der Waals surface area contributed by atoms with Gasteiger partial charge in [0, 0.05) is 7.05 Å². The Morgan fingerprint density at radius 3 is 2.61 bits per heavy atom. The van der Waals surface area contributed by atoms with Crippen LogP contribution in [0.15, 0.2) is 4.60 Å². The van der Waals surface area contributed by atoms with Crippen LogP contribution in [0.3, 0.4) is 0 Å². The third-order valence-electron chi connectivity index (χ3n) is 4.14. The Morgan fingerprint density at radius 2 is 2.11 bits per heavy atom. The predicted molar refractivity (Wildman–Crippen MR) is 76.3 cm³/mol. The molecule has 0 amide bonds. The lowest BCUT2D eigenvalue weighted by Crippen LogP contribution is -2.36. The number of aromatic nitrogens is 3. The van der Waals surface area contributed by atoms with E-state index in [2.05, 4.69) is 45.4 Å². The first-order valence-electron chi connectivity index (χ1n) is 6.87. The quantitative estimate of drug-likeness (QED) is 0.907. The minimum Gasteiger partial charge on any atom is -0.308 e. The molecule has 1 heterocycles. The maximum atomic E-state index is 4.14. The predicted octanol–water partition coefficient (Wildman–Crippen LogP) is 3.20. The summed E-state index contributed by atoms with van der Waals surface area (Å²) in [5, 5.41) is 12.0. The number of aryl methyl sites for hydroxylation is 1. The minimum absolute atomic E-state index is 0.327. The summed E-state index contributed by atoms with van der Waals surface area (Å²) in [6, 6.07) is 0.342. The summed E-state index contributed by atoms with van der Waals surface area (Å²) in [4.78, 5) is 0. The van der Waals surface area contributed by atoms with E-state index in [1.807, 2.05) is 11.7 Å². The van der Waals surface area contributed by atoms with E-state index in [0.29, 0.717) is 11.5 Å². The highest BCUT2D eigenvalue weighted by Crippen LogP contribution is 2.48. The second-order valence-corrected chi connectivity index (χ2v) is 6.39. The lowest BCUT2D eigenvalue weighted by molar-refractivity contribution is 0.214. The summed E-state index contributed by atoms with van der Waals surface area (Å²) in [7, 11) is 1.98. The van der Waals surface area contributed by atoms with Crippen molar-refractivity contribution in [3.63, 3.8) is 0 Å². The van der Waals surface area contributed by atoms with Gasteiger partial charge in [0.15, 0.2) is 4.60 Å². The molecule has 4 nitrogen and oxygen atoms in total. The molecule has 5 heteroatoms. The summed E-state index contributed by atoms with van der Waals surface area (Å²) in [6.45, 7) is 5.64. The summed E-state index contributed by atoms with van der Waals surface area (Å²) >= 11 is 3.55. The van der Waals surface area contributed by atoms with Crippen molar-refractivity contribution in [2.24, 2.45) is 12.5 Å². The summed E-state index contributed by atoms with van der Waals surface area (Å²) in [5.41, 5.74) is 1.51. The van der Waals surface area contributed by atoms with Crippen molar-refractivity contribution < 1.29 is 0 Å². The van der Waals surface area contributed by atoms with E-state index in [1.165, 1.54) is 31.4 Å². The Balaban J connectivity index is 2.30. The van der Waals surface area contributed by atoms with Crippen molar-refractivity contribution in [2.45, 2.75) is 52.0 Å². The number of rotatable bonds is 5. The van der Waals surface area contributed by atoms with Crippen LogP contribution in [-0.4, -0.2) is 21.5 Å². The van der Waals surface area contributed by atoms with Crippen LogP contribution in [0.25, 0.3) is 0 Å². The molecule has 1 aromatic heterocycles. The van der Waals surface area contributed by atoms with Crippen LogP contribution in [0.2, 0.25) is 0 Å². The Labute approximate surface area is 118 Å². The van der Waals surface area contributed by atoms with Gasteiger partial charge in [-0.25, -0.2) is 4.68 Å². The van der Waals surface area contributed by atoms with Crippen molar-refractivity contribution >= 4 is 15.9 Å². The van der Waals surface area contributed by atoms with Crippen molar-refractivity contribution in [3.8, 4) is 0 Å². The van der Waals surface area contributed by atoms with Gasteiger partial charge in [0.1, 0.15) is 0 Å². The zero-order chi connectivity index (χ0) is 13.2. The lowest BCUT2D eigenvalue weighted by atomic mass is 9.79. The molecule has 1 unspecified atom stereocenters. The van der Waals surface area contributed by atoms with Gasteiger partial charge >= 0.3 is 0 Å². The number of hydrogen-bond acceptors (Lipinski definition) is 3. The molecular weight excluding hydrogens is 292 g/mol. The molecule has 1 atom stereocenters. The van der Waals surface area contributed by atoms with Crippen LogP contribution in [0.1, 0.15) is 57.7 Å². The molecule has 1 saturated carbocycles. The van der Waals surface area contributed by atoms with E-state index in [4.69, 9.17) is 0 Å². The third-order valence-corrected chi connectivity index (χ3v) is 4.71. The first kappa shape index (κ1) is 14.0. The SMILES string of the molecule is CCCNC(c1c(Br)nnn1C)C1(C)CCCC1. The Morgan fingerprint density at radius 1 is 1.44 bits per heavy atom. The number of nitrogens with zero attached hydrogens (tertiary/aromatic N) is 3. The molecule has 0 radical (unpaired) electrons. The topological polar surface area (TPSA) is 42.7 Å². The monoisotopic (exact) mass is 314 g/mol. The maximum absolute atomic E-state index is 4.14. The molecule has 1 fully saturated rings. The molecule has 18 heavy (non-hydrogen) atoms. The van der Waals surface area contributed by atoms with Crippen LogP contribution < -0.4 is 5.32 Å². The van der Waals surface area contributed by atoms with Gasteiger partial charge in [-0.05, 0) is 47.2 Å². The van der Waals surface area contributed by atoms with Gasteiger partial charge in [-0.1, -0.05) is 31.9 Å². The smallest absolute Gasteiger partial charge is 0.153 e. The fourth-order valence-electron chi connectivity index (χ4n) is 3.08. The van der Waals surface area contributed by atoms with Crippen LogP contribution in [0, 0.1) is 5.41 Å². The van der Waals surface area contributed by atoms with Gasteiger partial charge in [-0.2, -0.15) is 0 Å². The maximum Gasteiger partial charge on any atom is 0.153 e. The molecule has 0 saturated heterocycles. The molecule has 1 N–H and O–H groups in total. The van der Waals surface area contributed by atoms with Crippen LogP contribution >= 0.6 is 15.9 Å². The molecular formula is C13H23BrN4. The lowest BCUT2D eigenvalue weighted by Gasteiger charge is -2.35. The van der Waals surface area contributed by atoms with E-state index >= 15 is 0 Å². The molecule has 0 spiro atoms. The second-order valence-electron chi connectivity index (χ2n) is 5.64. The van der Waals surface area contributed by atoms with Crippen LogP contribution in [0.4, 0.5) is 0 Å². The highest BCUT2D eigenvalue weighted by Gasteiger charge is 2.40. The summed E-state index contributed by atoms with van der Waals surface area (Å²) in [5.74, 6) is 0. The number of hydrogen-bond donors (Lipinski definition) is 1. The largest absolute Gasteiger partial charge is 0.308 e. The van der Waals surface area contributed by atoms with E-state index in [-0.39, 0.29) is 0 Å². The standard InChI is InChI=1S/C13H23BrN4/c1-4-9-15-11(13(2)7-5-6-8-13)10-12(14)16-17-18(10)3/h11,15H,4-9H2,1-3H3. The minimum atomic E-state index is 0.327. The van der Waals surface area contributed by atoms with E-state index in [9.17, 15) is 0 Å². The molecule has 2 rings (SSSR count). The first-order valence-corrected chi connectivity index (χ1v) is 7.66. The third kappa shape index (κ3) is 2.62. The van der Waals surface area contributed by atoms with Crippen LogP contribution in [-0.2, 0) is 7.05 Å². The van der Waals surface area contributed by atoms with Crippen molar-refractivity contribution in [2.75, 3.05) is 6.54 Å². The van der Waals surface area contributed by atoms with Crippen LogP contribution in [0.5, 0.6) is 0 Å². The Bertz CT molecular complexity index is 376. The zero-order valence-electron chi connectivity index (χ0n) is 11.5. The first-order chi connectivity index (χ1) is 8.58. The molecule has 0 bridgehead atoms. The molecule has 1 aromatic rings. The highest BCUT2D eigenvalue weighted by atomic mass is 79.9. The zero-order valence-corrected chi connectivity index (χ0v) is 13.1. The van der Waals surface area contributed by atoms with Gasteiger partial charge in [0.05, 0.1) is 11.7 Å². The number of halogens is 1. The van der Waals surface area contributed by atoms with Crippen molar-refractivity contribution in [3.05, 3.63) is 10.3 Å². The molecule has 1 aliphatic carbocycles. The van der Waals surface area contributed by atoms with Gasteiger partial charge in [-0.15, -0.1) is 5.10 Å².